The molecular formula is C17H21NO2S. The van der Waals surface area contributed by atoms with Gasteiger partial charge in [-0.2, -0.15) is 0 Å². The Hall–Kier alpha value is -1.52. The molecule has 0 radical (unpaired) electrons. The molecule has 2 heterocycles. The topological polar surface area (TPSA) is 30.5 Å². The van der Waals surface area contributed by atoms with Gasteiger partial charge in [-0.25, -0.2) is 0 Å². The molecule has 1 aromatic heterocycles. The molecule has 1 N–H and O–H groups in total. The number of benzene rings is 1. The summed E-state index contributed by atoms with van der Waals surface area (Å²) in [6.07, 6.45) is 2.12. The summed E-state index contributed by atoms with van der Waals surface area (Å²) < 4.78 is 10.9. The molecule has 0 saturated heterocycles. The fraction of sp³-hybridized carbons (Fsp3) is 0.412. The molecule has 0 saturated carbocycles. The van der Waals surface area contributed by atoms with Crippen LogP contribution in [0.2, 0.25) is 0 Å². The highest BCUT2D eigenvalue weighted by Gasteiger charge is 2.24. The zero-order valence-corrected chi connectivity index (χ0v) is 13.5. The molecule has 1 aliphatic heterocycles. The van der Waals surface area contributed by atoms with Gasteiger partial charge in [0.1, 0.15) is 0 Å². The third kappa shape index (κ3) is 2.65. The van der Waals surface area contributed by atoms with Gasteiger partial charge in [0.25, 0.3) is 0 Å². The predicted octanol–water partition coefficient (Wildman–Crippen LogP) is 3.56. The van der Waals surface area contributed by atoms with Crippen molar-refractivity contribution in [1.82, 2.24) is 5.32 Å². The molecule has 2 aromatic rings. The van der Waals surface area contributed by atoms with Crippen molar-refractivity contribution in [3.63, 3.8) is 0 Å². The quantitative estimate of drug-likeness (QED) is 0.937. The minimum atomic E-state index is 0.263. The summed E-state index contributed by atoms with van der Waals surface area (Å²) in [7, 11) is 3.38. The first kappa shape index (κ1) is 14.4. The van der Waals surface area contributed by atoms with Crippen LogP contribution in [0.1, 0.15) is 33.8 Å². The zero-order valence-electron chi connectivity index (χ0n) is 12.7. The van der Waals surface area contributed by atoms with Crippen molar-refractivity contribution in [1.29, 1.82) is 0 Å². The van der Waals surface area contributed by atoms with E-state index in [2.05, 4.69) is 36.5 Å². The van der Waals surface area contributed by atoms with Crippen LogP contribution in [0.3, 0.4) is 0 Å². The van der Waals surface area contributed by atoms with Crippen LogP contribution in [-0.2, 0) is 12.8 Å². The SMILES string of the molecule is CCc1ccc(C2NCCc3cc(OC)c(OC)cc32)s1. The van der Waals surface area contributed by atoms with Crippen molar-refractivity contribution in [2.45, 2.75) is 25.8 Å². The lowest BCUT2D eigenvalue weighted by molar-refractivity contribution is 0.353. The third-order valence-electron chi connectivity index (χ3n) is 4.01. The zero-order chi connectivity index (χ0) is 14.8. The second kappa shape index (κ2) is 6.08. The Morgan fingerprint density at radius 1 is 1.19 bits per heavy atom. The molecule has 0 fully saturated rings. The van der Waals surface area contributed by atoms with E-state index in [9.17, 15) is 0 Å². The van der Waals surface area contributed by atoms with Gasteiger partial charge in [0.2, 0.25) is 0 Å². The van der Waals surface area contributed by atoms with Crippen molar-refractivity contribution in [3.8, 4) is 11.5 Å². The van der Waals surface area contributed by atoms with Gasteiger partial charge in [0.15, 0.2) is 11.5 Å². The van der Waals surface area contributed by atoms with Crippen LogP contribution in [0.25, 0.3) is 0 Å². The molecule has 1 unspecified atom stereocenters. The summed E-state index contributed by atoms with van der Waals surface area (Å²) in [4.78, 5) is 2.81. The highest BCUT2D eigenvalue weighted by molar-refractivity contribution is 7.12. The number of fused-ring (bicyclic) bond motifs is 1. The molecule has 1 aliphatic rings. The third-order valence-corrected chi connectivity index (χ3v) is 5.31. The van der Waals surface area contributed by atoms with E-state index < -0.39 is 0 Å². The molecule has 21 heavy (non-hydrogen) atoms. The van der Waals surface area contributed by atoms with Crippen LogP contribution in [-0.4, -0.2) is 20.8 Å². The molecule has 112 valence electrons. The maximum Gasteiger partial charge on any atom is 0.161 e. The summed E-state index contributed by atoms with van der Waals surface area (Å²) in [5.74, 6) is 1.62. The van der Waals surface area contributed by atoms with Gasteiger partial charge in [-0.3, -0.25) is 0 Å². The number of rotatable bonds is 4. The number of methoxy groups -OCH3 is 2. The summed E-state index contributed by atoms with van der Waals surface area (Å²) in [5, 5.41) is 3.63. The second-order valence-electron chi connectivity index (χ2n) is 5.20. The van der Waals surface area contributed by atoms with Gasteiger partial charge in [-0.15, -0.1) is 11.3 Å². The normalized spacial score (nSPS) is 17.4. The molecular weight excluding hydrogens is 282 g/mol. The average Bonchev–Trinajstić information content (AvgIpc) is 3.01. The Morgan fingerprint density at radius 2 is 1.95 bits per heavy atom. The Labute approximate surface area is 129 Å². The molecule has 0 spiro atoms. The smallest absolute Gasteiger partial charge is 0.161 e. The first-order valence-electron chi connectivity index (χ1n) is 7.33. The van der Waals surface area contributed by atoms with Crippen molar-refractivity contribution >= 4 is 11.3 Å². The lowest BCUT2D eigenvalue weighted by Gasteiger charge is -2.27. The van der Waals surface area contributed by atoms with Gasteiger partial charge in [-0.1, -0.05) is 6.92 Å². The second-order valence-corrected chi connectivity index (χ2v) is 6.40. The van der Waals surface area contributed by atoms with E-state index >= 15 is 0 Å². The molecule has 3 nitrogen and oxygen atoms in total. The van der Waals surface area contributed by atoms with Crippen LogP contribution in [0.5, 0.6) is 11.5 Å². The Balaban J connectivity index is 2.04. The number of hydrogen-bond acceptors (Lipinski definition) is 4. The lowest BCUT2D eigenvalue weighted by atomic mass is 9.92. The van der Waals surface area contributed by atoms with Crippen LogP contribution in [0.15, 0.2) is 24.3 Å². The van der Waals surface area contributed by atoms with Crippen LogP contribution in [0, 0.1) is 0 Å². The number of nitrogens with one attached hydrogen (secondary N) is 1. The number of thiophene rings is 1. The highest BCUT2D eigenvalue weighted by Crippen LogP contribution is 2.39. The van der Waals surface area contributed by atoms with E-state index in [0.717, 1.165) is 30.9 Å². The van der Waals surface area contributed by atoms with Crippen LogP contribution < -0.4 is 14.8 Å². The predicted molar refractivity (Wildman–Crippen MR) is 86.8 cm³/mol. The van der Waals surface area contributed by atoms with Gasteiger partial charge in [-0.05, 0) is 48.2 Å². The van der Waals surface area contributed by atoms with Gasteiger partial charge in [0, 0.05) is 16.3 Å². The summed E-state index contributed by atoms with van der Waals surface area (Å²) in [6, 6.07) is 8.98. The van der Waals surface area contributed by atoms with E-state index in [1.54, 1.807) is 14.2 Å². The van der Waals surface area contributed by atoms with Gasteiger partial charge in [0.05, 0.1) is 20.3 Å². The molecule has 0 bridgehead atoms. The van der Waals surface area contributed by atoms with E-state index in [4.69, 9.17) is 9.47 Å². The Kier molecular flexibility index (Phi) is 4.17. The molecule has 3 rings (SSSR count). The van der Waals surface area contributed by atoms with Gasteiger partial charge >= 0.3 is 0 Å². The van der Waals surface area contributed by atoms with E-state index in [0.29, 0.717) is 0 Å². The first-order chi connectivity index (χ1) is 10.3. The van der Waals surface area contributed by atoms with Gasteiger partial charge < -0.3 is 14.8 Å². The minimum absolute atomic E-state index is 0.263. The molecule has 0 amide bonds. The monoisotopic (exact) mass is 303 g/mol. The minimum Gasteiger partial charge on any atom is -0.493 e. The van der Waals surface area contributed by atoms with Crippen molar-refractivity contribution < 1.29 is 9.47 Å². The van der Waals surface area contributed by atoms with E-state index in [1.165, 1.54) is 20.9 Å². The van der Waals surface area contributed by atoms with Crippen LogP contribution in [0.4, 0.5) is 0 Å². The Bertz CT molecular complexity index is 636. The number of aryl methyl sites for hydroxylation is 1. The van der Waals surface area contributed by atoms with E-state index in [1.807, 2.05) is 11.3 Å². The first-order valence-corrected chi connectivity index (χ1v) is 8.15. The average molecular weight is 303 g/mol. The Morgan fingerprint density at radius 3 is 2.62 bits per heavy atom. The fourth-order valence-corrected chi connectivity index (χ4v) is 3.92. The maximum atomic E-state index is 5.46. The summed E-state index contributed by atoms with van der Waals surface area (Å²) in [5.41, 5.74) is 2.66. The maximum absolute atomic E-state index is 5.46. The van der Waals surface area contributed by atoms with Crippen molar-refractivity contribution in [2.24, 2.45) is 0 Å². The van der Waals surface area contributed by atoms with Crippen molar-refractivity contribution in [2.75, 3.05) is 20.8 Å². The number of ether oxygens (including phenoxy) is 2. The summed E-state index contributed by atoms with van der Waals surface area (Å²) >= 11 is 1.89. The molecule has 4 heteroatoms. The molecule has 0 aliphatic carbocycles. The largest absolute Gasteiger partial charge is 0.493 e. The fourth-order valence-electron chi connectivity index (χ4n) is 2.88. The lowest BCUT2D eigenvalue weighted by Crippen LogP contribution is -2.30. The van der Waals surface area contributed by atoms with Crippen LogP contribution >= 0.6 is 11.3 Å². The van der Waals surface area contributed by atoms with E-state index in [-0.39, 0.29) is 6.04 Å². The highest BCUT2D eigenvalue weighted by atomic mass is 32.1. The molecule has 1 atom stereocenters. The number of hydrogen-bond donors (Lipinski definition) is 1. The summed E-state index contributed by atoms with van der Waals surface area (Å²) in [6.45, 7) is 3.19. The molecule has 1 aromatic carbocycles. The standard InChI is InChI=1S/C17H21NO2S/c1-4-12-5-6-16(21-12)17-13-10-15(20-3)14(19-2)9-11(13)7-8-18-17/h5-6,9-10,17-18H,4,7-8H2,1-3H3. The van der Waals surface area contributed by atoms with Crippen molar-refractivity contribution in [3.05, 3.63) is 45.1 Å².